The molecule has 0 bridgehead atoms. The minimum atomic E-state index is -0.430. The number of nitrogens with two attached hydrogens (primary N) is 1. The molecule has 0 saturated heterocycles. The third-order valence-electron chi connectivity index (χ3n) is 3.25. The third kappa shape index (κ3) is 1.78. The maximum atomic E-state index is 11.5. The first-order valence-electron chi connectivity index (χ1n) is 5.93. The maximum Gasteiger partial charge on any atom is 0.250 e. The number of primary amides is 1. The first kappa shape index (κ1) is 11.0. The molecule has 1 aromatic carbocycles. The van der Waals surface area contributed by atoms with Crippen molar-refractivity contribution in [3.63, 3.8) is 0 Å². The van der Waals surface area contributed by atoms with E-state index in [1.807, 2.05) is 12.1 Å². The molecule has 1 aliphatic rings. The average Bonchev–Trinajstić information content (AvgIpc) is 2.86. The van der Waals surface area contributed by atoms with Crippen LogP contribution in [0.1, 0.15) is 22.3 Å². The largest absolute Gasteiger partial charge is 0.366 e. The quantitative estimate of drug-likeness (QED) is 0.735. The summed E-state index contributed by atoms with van der Waals surface area (Å²) in [5.74, 6) is -0.430. The summed E-state index contributed by atoms with van der Waals surface area (Å²) in [6.45, 7) is 1.83. The second-order valence-corrected chi connectivity index (χ2v) is 4.41. The summed E-state index contributed by atoms with van der Waals surface area (Å²) in [5, 5.41) is 11.0. The molecule has 4 N–H and O–H groups in total. The van der Waals surface area contributed by atoms with Gasteiger partial charge < -0.3 is 11.1 Å². The molecule has 5 heteroatoms. The van der Waals surface area contributed by atoms with Gasteiger partial charge >= 0.3 is 0 Å². The van der Waals surface area contributed by atoms with Gasteiger partial charge in [0.15, 0.2) is 0 Å². The molecule has 0 spiro atoms. The molecular formula is C13H14N4O. The number of hydrogen-bond acceptors (Lipinski definition) is 3. The van der Waals surface area contributed by atoms with Crippen LogP contribution in [0.4, 0.5) is 0 Å². The number of H-pyrrole nitrogens is 1. The van der Waals surface area contributed by atoms with Gasteiger partial charge in [-0.05, 0) is 36.2 Å². The van der Waals surface area contributed by atoms with Crippen LogP contribution in [-0.2, 0) is 0 Å². The van der Waals surface area contributed by atoms with Crippen molar-refractivity contribution in [2.45, 2.75) is 6.42 Å². The Hall–Kier alpha value is -2.14. The fraction of sp³-hybridized carbons (Fsp3) is 0.231. The van der Waals surface area contributed by atoms with Gasteiger partial charge in [-0.3, -0.25) is 9.89 Å². The smallest absolute Gasteiger partial charge is 0.250 e. The minimum Gasteiger partial charge on any atom is -0.366 e. The van der Waals surface area contributed by atoms with Crippen LogP contribution in [0.5, 0.6) is 0 Å². The van der Waals surface area contributed by atoms with Crippen molar-refractivity contribution in [1.82, 2.24) is 15.5 Å². The molecule has 2 aromatic rings. The van der Waals surface area contributed by atoms with E-state index in [4.69, 9.17) is 5.73 Å². The predicted octanol–water partition coefficient (Wildman–Crippen LogP) is 1.04. The van der Waals surface area contributed by atoms with Crippen LogP contribution in [0.2, 0.25) is 0 Å². The second-order valence-electron chi connectivity index (χ2n) is 4.41. The van der Waals surface area contributed by atoms with Crippen LogP contribution in [0, 0.1) is 0 Å². The Morgan fingerprint density at radius 1 is 1.39 bits per heavy atom. The predicted molar refractivity (Wildman–Crippen MR) is 70.1 cm³/mol. The van der Waals surface area contributed by atoms with E-state index in [0.29, 0.717) is 11.1 Å². The zero-order chi connectivity index (χ0) is 12.5. The van der Waals surface area contributed by atoms with E-state index >= 15 is 0 Å². The Kier molecular flexibility index (Phi) is 2.60. The van der Waals surface area contributed by atoms with E-state index in [9.17, 15) is 4.79 Å². The van der Waals surface area contributed by atoms with Gasteiger partial charge in [0.05, 0.1) is 17.3 Å². The number of carbonyl (C=O) groups excluding carboxylic acids is 1. The van der Waals surface area contributed by atoms with Gasteiger partial charge in [-0.25, -0.2) is 0 Å². The number of aromatic amines is 1. The number of carbonyl (C=O) groups is 1. The lowest BCUT2D eigenvalue weighted by atomic mass is 9.96. The van der Waals surface area contributed by atoms with Gasteiger partial charge in [0, 0.05) is 11.9 Å². The SMILES string of the molecule is NC(=O)c1cc(C2=CCNCC2)cc2cn[nH]c12. The fourth-order valence-electron chi connectivity index (χ4n) is 2.32. The number of nitrogens with zero attached hydrogens (tertiary/aromatic N) is 1. The first-order valence-corrected chi connectivity index (χ1v) is 5.93. The molecule has 0 saturated carbocycles. The van der Waals surface area contributed by atoms with Crippen molar-refractivity contribution in [3.05, 3.63) is 35.5 Å². The van der Waals surface area contributed by atoms with E-state index in [1.165, 1.54) is 5.57 Å². The van der Waals surface area contributed by atoms with E-state index in [2.05, 4.69) is 21.6 Å². The van der Waals surface area contributed by atoms with Crippen LogP contribution in [0.25, 0.3) is 16.5 Å². The molecule has 1 aliphatic heterocycles. The van der Waals surface area contributed by atoms with Gasteiger partial charge in [0.25, 0.3) is 5.91 Å². The van der Waals surface area contributed by atoms with Gasteiger partial charge in [-0.15, -0.1) is 0 Å². The number of aromatic nitrogens is 2. The maximum absolute atomic E-state index is 11.5. The summed E-state index contributed by atoms with van der Waals surface area (Å²) in [5.41, 5.74) is 8.93. The molecule has 18 heavy (non-hydrogen) atoms. The Morgan fingerprint density at radius 2 is 2.28 bits per heavy atom. The Bertz CT molecular complexity index is 641. The zero-order valence-corrected chi connectivity index (χ0v) is 9.86. The van der Waals surface area contributed by atoms with Crippen LogP contribution in [0.3, 0.4) is 0 Å². The minimum absolute atomic E-state index is 0.430. The number of fused-ring (bicyclic) bond motifs is 1. The number of benzene rings is 1. The Balaban J connectivity index is 2.18. The molecule has 0 unspecified atom stereocenters. The summed E-state index contributed by atoms with van der Waals surface area (Å²) in [4.78, 5) is 11.5. The van der Waals surface area contributed by atoms with Crippen molar-refractivity contribution in [2.24, 2.45) is 5.73 Å². The highest BCUT2D eigenvalue weighted by molar-refractivity contribution is 6.05. The average molecular weight is 242 g/mol. The summed E-state index contributed by atoms with van der Waals surface area (Å²) >= 11 is 0. The summed E-state index contributed by atoms with van der Waals surface area (Å²) in [7, 11) is 0. The van der Waals surface area contributed by atoms with Crippen molar-refractivity contribution in [3.8, 4) is 0 Å². The first-order chi connectivity index (χ1) is 8.75. The lowest BCUT2D eigenvalue weighted by Gasteiger charge is -2.15. The molecule has 3 rings (SSSR count). The van der Waals surface area contributed by atoms with Crippen molar-refractivity contribution in [2.75, 3.05) is 13.1 Å². The van der Waals surface area contributed by atoms with Gasteiger partial charge in [-0.1, -0.05) is 6.08 Å². The molecule has 0 radical (unpaired) electrons. The molecule has 0 fully saturated rings. The number of amides is 1. The molecule has 1 aromatic heterocycles. The molecule has 5 nitrogen and oxygen atoms in total. The fourth-order valence-corrected chi connectivity index (χ4v) is 2.32. The number of hydrogen-bond donors (Lipinski definition) is 3. The molecule has 92 valence electrons. The van der Waals surface area contributed by atoms with E-state index < -0.39 is 5.91 Å². The topological polar surface area (TPSA) is 83.8 Å². The van der Waals surface area contributed by atoms with Crippen LogP contribution >= 0.6 is 0 Å². The van der Waals surface area contributed by atoms with Crippen LogP contribution in [-0.4, -0.2) is 29.2 Å². The number of rotatable bonds is 2. The van der Waals surface area contributed by atoms with E-state index in [1.54, 1.807) is 6.20 Å². The summed E-state index contributed by atoms with van der Waals surface area (Å²) < 4.78 is 0. The van der Waals surface area contributed by atoms with Gasteiger partial charge in [0.1, 0.15) is 0 Å². The monoisotopic (exact) mass is 242 g/mol. The molecular weight excluding hydrogens is 228 g/mol. The Morgan fingerprint density at radius 3 is 3.00 bits per heavy atom. The van der Waals surface area contributed by atoms with Crippen molar-refractivity contribution >= 4 is 22.4 Å². The number of nitrogens with one attached hydrogen (secondary N) is 2. The molecule has 1 amide bonds. The Labute approximate surface area is 104 Å². The molecule has 0 aliphatic carbocycles. The summed E-state index contributed by atoms with van der Waals surface area (Å²) in [6, 6.07) is 3.89. The van der Waals surface area contributed by atoms with Crippen LogP contribution in [0.15, 0.2) is 24.4 Å². The summed E-state index contributed by atoms with van der Waals surface area (Å²) in [6.07, 6.45) is 4.82. The standard InChI is InChI=1S/C13H14N4O/c14-13(18)11-6-9(8-1-3-15-4-2-8)5-10-7-16-17-12(10)11/h1,5-7,15H,2-4H2,(H2,14,18)(H,16,17). The van der Waals surface area contributed by atoms with E-state index in [0.717, 1.165) is 30.5 Å². The lowest BCUT2D eigenvalue weighted by molar-refractivity contribution is 0.100. The van der Waals surface area contributed by atoms with Gasteiger partial charge in [0.2, 0.25) is 0 Å². The third-order valence-corrected chi connectivity index (χ3v) is 3.25. The normalized spacial score (nSPS) is 15.7. The lowest BCUT2D eigenvalue weighted by Crippen LogP contribution is -2.20. The van der Waals surface area contributed by atoms with Crippen molar-refractivity contribution < 1.29 is 4.79 Å². The zero-order valence-electron chi connectivity index (χ0n) is 9.86. The highest BCUT2D eigenvalue weighted by Crippen LogP contribution is 2.26. The highest BCUT2D eigenvalue weighted by Gasteiger charge is 2.13. The molecule has 0 atom stereocenters. The van der Waals surface area contributed by atoms with Gasteiger partial charge in [-0.2, -0.15) is 5.10 Å². The molecule has 2 heterocycles. The van der Waals surface area contributed by atoms with Crippen molar-refractivity contribution in [1.29, 1.82) is 0 Å². The van der Waals surface area contributed by atoms with Crippen LogP contribution < -0.4 is 11.1 Å². The second kappa shape index (κ2) is 4.27. The van der Waals surface area contributed by atoms with E-state index in [-0.39, 0.29) is 0 Å². The highest BCUT2D eigenvalue weighted by atomic mass is 16.1.